The average molecular weight is 286 g/mol. The van der Waals surface area contributed by atoms with E-state index in [0.29, 0.717) is 19.7 Å². The maximum absolute atomic E-state index is 12.6. The predicted molar refractivity (Wildman–Crippen MR) is 75.2 cm³/mol. The van der Waals surface area contributed by atoms with Gasteiger partial charge in [0, 0.05) is 26.2 Å². The van der Waals surface area contributed by atoms with Gasteiger partial charge < -0.3 is 10.5 Å². The molecule has 6 heteroatoms. The highest BCUT2D eigenvalue weighted by Gasteiger charge is 2.27. The molecule has 0 saturated heterocycles. The van der Waals surface area contributed by atoms with E-state index < -0.39 is 10.0 Å². The molecule has 1 unspecified atom stereocenters. The summed E-state index contributed by atoms with van der Waals surface area (Å²) >= 11 is 0. The average Bonchev–Trinajstić information content (AvgIpc) is 2.39. The van der Waals surface area contributed by atoms with Gasteiger partial charge in [-0.2, -0.15) is 4.31 Å². The summed E-state index contributed by atoms with van der Waals surface area (Å²) in [4.78, 5) is 0.278. The lowest BCUT2D eigenvalue weighted by Gasteiger charge is -2.26. The molecule has 2 N–H and O–H groups in total. The molecule has 0 bridgehead atoms. The summed E-state index contributed by atoms with van der Waals surface area (Å²) in [6.07, 6.45) is 0. The summed E-state index contributed by atoms with van der Waals surface area (Å²) in [5.74, 6) is 0. The minimum absolute atomic E-state index is 0.207. The van der Waals surface area contributed by atoms with Crippen molar-refractivity contribution >= 4 is 10.0 Å². The lowest BCUT2D eigenvalue weighted by atomic mass is 10.2. The maximum Gasteiger partial charge on any atom is 0.243 e. The minimum atomic E-state index is -3.51. The Morgan fingerprint density at radius 1 is 1.42 bits per heavy atom. The molecule has 0 aliphatic carbocycles. The number of hydrogen-bond acceptors (Lipinski definition) is 4. The van der Waals surface area contributed by atoms with Crippen LogP contribution < -0.4 is 5.73 Å². The van der Waals surface area contributed by atoms with Crippen LogP contribution in [0, 0.1) is 0 Å². The number of nitrogens with two attached hydrogens (primary N) is 1. The van der Waals surface area contributed by atoms with Gasteiger partial charge in [-0.05, 0) is 24.6 Å². The minimum Gasteiger partial charge on any atom is -0.383 e. The van der Waals surface area contributed by atoms with Crippen LogP contribution in [-0.4, -0.2) is 39.0 Å². The number of nitrogens with zero attached hydrogens (tertiary/aromatic N) is 1. The van der Waals surface area contributed by atoms with E-state index in [1.165, 1.54) is 4.31 Å². The highest BCUT2D eigenvalue weighted by molar-refractivity contribution is 7.89. The summed E-state index contributed by atoms with van der Waals surface area (Å²) in [6.45, 7) is 4.74. The Kier molecular flexibility index (Phi) is 5.93. The zero-order valence-corrected chi connectivity index (χ0v) is 12.5. The second-order valence-electron chi connectivity index (χ2n) is 4.36. The first kappa shape index (κ1) is 16.1. The topological polar surface area (TPSA) is 72.6 Å². The zero-order valence-electron chi connectivity index (χ0n) is 11.7. The molecule has 0 aromatic heterocycles. The quantitative estimate of drug-likeness (QED) is 0.817. The van der Waals surface area contributed by atoms with E-state index >= 15 is 0 Å². The van der Waals surface area contributed by atoms with Crippen molar-refractivity contribution in [3.05, 3.63) is 29.8 Å². The zero-order chi connectivity index (χ0) is 14.5. The van der Waals surface area contributed by atoms with Gasteiger partial charge in [0.15, 0.2) is 0 Å². The van der Waals surface area contributed by atoms with Crippen molar-refractivity contribution < 1.29 is 13.2 Å². The van der Waals surface area contributed by atoms with Crippen molar-refractivity contribution in [2.45, 2.75) is 31.3 Å². The van der Waals surface area contributed by atoms with E-state index in [4.69, 9.17) is 10.5 Å². The Labute approximate surface area is 115 Å². The number of rotatable bonds is 7. The molecule has 1 aromatic rings. The van der Waals surface area contributed by atoms with Crippen molar-refractivity contribution in [3.63, 3.8) is 0 Å². The number of likely N-dealkylation sites (N-methyl/N-ethyl adjacent to an activating group) is 1. The summed E-state index contributed by atoms with van der Waals surface area (Å²) in [7, 11) is -1.95. The first-order chi connectivity index (χ1) is 8.97. The predicted octanol–water partition coefficient (Wildman–Crippen LogP) is 1.19. The van der Waals surface area contributed by atoms with Crippen LogP contribution in [0.4, 0.5) is 0 Å². The van der Waals surface area contributed by atoms with Crippen molar-refractivity contribution in [1.29, 1.82) is 0 Å². The Morgan fingerprint density at radius 2 is 2.11 bits per heavy atom. The molecule has 1 atom stereocenters. The SMILES string of the molecule is CCN(C(C)COC)S(=O)(=O)c1cccc(CN)c1. The highest BCUT2D eigenvalue weighted by atomic mass is 32.2. The van der Waals surface area contributed by atoms with Gasteiger partial charge in [-0.1, -0.05) is 19.1 Å². The summed E-state index contributed by atoms with van der Waals surface area (Å²) < 4.78 is 31.6. The summed E-state index contributed by atoms with van der Waals surface area (Å²) in [5, 5.41) is 0. The molecule has 0 aliphatic rings. The standard InChI is InChI=1S/C13H22N2O3S/c1-4-15(11(2)10-18-3)19(16,17)13-7-5-6-12(8-13)9-14/h5-8,11H,4,9-10,14H2,1-3H3. The van der Waals surface area contributed by atoms with Gasteiger partial charge in [0.05, 0.1) is 11.5 Å². The maximum atomic E-state index is 12.6. The number of benzene rings is 1. The molecule has 0 heterocycles. The fraction of sp³-hybridized carbons (Fsp3) is 0.538. The van der Waals surface area contributed by atoms with Crippen LogP contribution in [0.5, 0.6) is 0 Å². The van der Waals surface area contributed by atoms with Crippen LogP contribution in [0.15, 0.2) is 29.2 Å². The van der Waals surface area contributed by atoms with E-state index in [-0.39, 0.29) is 10.9 Å². The lowest BCUT2D eigenvalue weighted by Crippen LogP contribution is -2.40. The fourth-order valence-corrected chi connectivity index (χ4v) is 3.71. The number of sulfonamides is 1. The van der Waals surface area contributed by atoms with E-state index in [1.807, 2.05) is 19.9 Å². The molecule has 0 fully saturated rings. The van der Waals surface area contributed by atoms with Crippen molar-refractivity contribution in [2.24, 2.45) is 5.73 Å². The molecule has 0 spiro atoms. The molecule has 0 aliphatic heterocycles. The van der Waals surface area contributed by atoms with Crippen molar-refractivity contribution in [1.82, 2.24) is 4.31 Å². The van der Waals surface area contributed by atoms with Crippen molar-refractivity contribution in [3.8, 4) is 0 Å². The molecular formula is C13H22N2O3S. The van der Waals surface area contributed by atoms with Gasteiger partial charge in [0.2, 0.25) is 10.0 Å². The summed E-state index contributed by atoms with van der Waals surface area (Å²) in [6, 6.07) is 6.54. The van der Waals surface area contributed by atoms with Gasteiger partial charge in [0.1, 0.15) is 0 Å². The van der Waals surface area contributed by atoms with Gasteiger partial charge in [-0.3, -0.25) is 0 Å². The highest BCUT2D eigenvalue weighted by Crippen LogP contribution is 2.19. The Hall–Kier alpha value is -0.950. The number of ether oxygens (including phenoxy) is 1. The van der Waals surface area contributed by atoms with Crippen LogP contribution in [-0.2, 0) is 21.3 Å². The molecular weight excluding hydrogens is 264 g/mol. The molecule has 1 rings (SSSR count). The van der Waals surface area contributed by atoms with Crippen LogP contribution in [0.1, 0.15) is 19.4 Å². The Balaban J connectivity index is 3.12. The monoisotopic (exact) mass is 286 g/mol. The van der Waals surface area contributed by atoms with Gasteiger partial charge in [0.25, 0.3) is 0 Å². The van der Waals surface area contributed by atoms with E-state index in [9.17, 15) is 8.42 Å². The fourth-order valence-electron chi connectivity index (χ4n) is 2.01. The summed E-state index contributed by atoms with van der Waals surface area (Å²) in [5.41, 5.74) is 6.35. The van der Waals surface area contributed by atoms with E-state index in [0.717, 1.165) is 5.56 Å². The van der Waals surface area contributed by atoms with Crippen LogP contribution >= 0.6 is 0 Å². The first-order valence-corrected chi connectivity index (χ1v) is 7.71. The smallest absolute Gasteiger partial charge is 0.243 e. The van der Waals surface area contributed by atoms with Crippen LogP contribution in [0.3, 0.4) is 0 Å². The van der Waals surface area contributed by atoms with E-state index in [1.54, 1.807) is 25.3 Å². The van der Waals surface area contributed by atoms with Gasteiger partial charge in [-0.25, -0.2) is 8.42 Å². The molecule has 19 heavy (non-hydrogen) atoms. The molecule has 1 aromatic carbocycles. The third-order valence-corrected chi connectivity index (χ3v) is 5.04. The normalized spacial score (nSPS) is 13.7. The molecule has 0 amide bonds. The van der Waals surface area contributed by atoms with Crippen LogP contribution in [0.2, 0.25) is 0 Å². The number of hydrogen-bond donors (Lipinski definition) is 1. The second kappa shape index (κ2) is 7.00. The Bertz CT molecular complexity index is 502. The van der Waals surface area contributed by atoms with Gasteiger partial charge >= 0.3 is 0 Å². The third-order valence-electron chi connectivity index (χ3n) is 2.95. The number of methoxy groups -OCH3 is 1. The molecule has 0 radical (unpaired) electrons. The molecule has 5 nitrogen and oxygen atoms in total. The first-order valence-electron chi connectivity index (χ1n) is 6.27. The van der Waals surface area contributed by atoms with Gasteiger partial charge in [-0.15, -0.1) is 0 Å². The molecule has 0 saturated carbocycles. The Morgan fingerprint density at radius 3 is 2.63 bits per heavy atom. The van der Waals surface area contributed by atoms with Crippen LogP contribution in [0.25, 0.3) is 0 Å². The van der Waals surface area contributed by atoms with E-state index in [2.05, 4.69) is 0 Å². The van der Waals surface area contributed by atoms with Crippen molar-refractivity contribution in [2.75, 3.05) is 20.3 Å². The largest absolute Gasteiger partial charge is 0.383 e. The second-order valence-corrected chi connectivity index (χ2v) is 6.25. The third kappa shape index (κ3) is 3.76. The molecule has 108 valence electrons. The lowest BCUT2D eigenvalue weighted by molar-refractivity contribution is 0.142.